The van der Waals surface area contributed by atoms with Gasteiger partial charge in [-0.05, 0) is 45.6 Å². The van der Waals surface area contributed by atoms with E-state index in [1.165, 1.54) is 32.1 Å². The van der Waals surface area contributed by atoms with E-state index in [0.717, 1.165) is 38.3 Å². The molecule has 1 unspecified atom stereocenters. The summed E-state index contributed by atoms with van der Waals surface area (Å²) in [5.41, 5.74) is -0.723. The maximum absolute atomic E-state index is 12.1. The third-order valence-corrected chi connectivity index (χ3v) is 5.13. The van der Waals surface area contributed by atoms with Gasteiger partial charge >= 0.3 is 0 Å². The number of hydrogen-bond donors (Lipinski definition) is 2. The van der Waals surface area contributed by atoms with Crippen LogP contribution in [0.2, 0.25) is 0 Å². The standard InChI is InChI=1S/C17H32N2O2/c1-17(2,21)15-9-6-12-19(15)13-16(20)18-11-10-14-7-4-3-5-8-14/h14-15,21H,3-13H2,1-2H3,(H,18,20). The molecule has 4 heteroatoms. The highest BCUT2D eigenvalue weighted by molar-refractivity contribution is 5.78. The number of nitrogens with one attached hydrogen (secondary N) is 1. The van der Waals surface area contributed by atoms with Crippen molar-refractivity contribution in [3.63, 3.8) is 0 Å². The maximum atomic E-state index is 12.1. The molecule has 1 aliphatic carbocycles. The third kappa shape index (κ3) is 5.26. The Morgan fingerprint density at radius 3 is 2.57 bits per heavy atom. The molecule has 1 amide bonds. The van der Waals surface area contributed by atoms with Crippen LogP contribution in [0, 0.1) is 5.92 Å². The third-order valence-electron chi connectivity index (χ3n) is 5.13. The molecule has 0 aromatic heterocycles. The summed E-state index contributed by atoms with van der Waals surface area (Å²) in [6, 6.07) is 0.113. The molecule has 21 heavy (non-hydrogen) atoms. The van der Waals surface area contributed by atoms with E-state index in [1.807, 2.05) is 13.8 Å². The number of aliphatic hydroxyl groups is 1. The van der Waals surface area contributed by atoms with Crippen LogP contribution >= 0.6 is 0 Å². The summed E-state index contributed by atoms with van der Waals surface area (Å²) in [5, 5.41) is 13.2. The first-order valence-corrected chi connectivity index (χ1v) is 8.70. The summed E-state index contributed by atoms with van der Waals surface area (Å²) in [6.45, 7) is 5.85. The number of rotatable bonds is 6. The first kappa shape index (κ1) is 16.8. The molecular weight excluding hydrogens is 264 g/mol. The van der Waals surface area contributed by atoms with Gasteiger partial charge < -0.3 is 10.4 Å². The molecule has 1 saturated heterocycles. The van der Waals surface area contributed by atoms with Crippen molar-refractivity contribution in [1.29, 1.82) is 0 Å². The Hall–Kier alpha value is -0.610. The summed E-state index contributed by atoms with van der Waals surface area (Å²) in [6.07, 6.45) is 9.96. The molecule has 0 bridgehead atoms. The molecule has 2 aliphatic rings. The van der Waals surface area contributed by atoms with E-state index < -0.39 is 5.60 Å². The van der Waals surface area contributed by atoms with Crippen molar-refractivity contribution in [2.45, 2.75) is 76.9 Å². The molecule has 1 heterocycles. The topological polar surface area (TPSA) is 52.6 Å². The van der Waals surface area contributed by atoms with Gasteiger partial charge in [-0.3, -0.25) is 9.69 Å². The van der Waals surface area contributed by atoms with Crippen molar-refractivity contribution in [3.05, 3.63) is 0 Å². The lowest BCUT2D eigenvalue weighted by Gasteiger charge is -2.33. The van der Waals surface area contributed by atoms with E-state index in [1.54, 1.807) is 0 Å². The average Bonchev–Trinajstić information content (AvgIpc) is 2.88. The highest BCUT2D eigenvalue weighted by Crippen LogP contribution is 2.27. The number of carbonyl (C=O) groups excluding carboxylic acids is 1. The van der Waals surface area contributed by atoms with Crippen molar-refractivity contribution < 1.29 is 9.90 Å². The first-order chi connectivity index (χ1) is 9.97. The van der Waals surface area contributed by atoms with Gasteiger partial charge in [0.25, 0.3) is 0 Å². The van der Waals surface area contributed by atoms with Crippen molar-refractivity contribution in [2.24, 2.45) is 5.92 Å². The summed E-state index contributed by atoms with van der Waals surface area (Å²) in [5.74, 6) is 0.928. The van der Waals surface area contributed by atoms with Crippen molar-refractivity contribution in [3.8, 4) is 0 Å². The van der Waals surface area contributed by atoms with Crippen LogP contribution in [-0.4, -0.2) is 47.2 Å². The fraction of sp³-hybridized carbons (Fsp3) is 0.941. The van der Waals surface area contributed by atoms with E-state index in [4.69, 9.17) is 0 Å². The minimum Gasteiger partial charge on any atom is -0.389 e. The van der Waals surface area contributed by atoms with E-state index >= 15 is 0 Å². The molecule has 122 valence electrons. The van der Waals surface area contributed by atoms with Gasteiger partial charge in [-0.15, -0.1) is 0 Å². The number of nitrogens with zero attached hydrogens (tertiary/aromatic N) is 1. The van der Waals surface area contributed by atoms with Gasteiger partial charge in [0, 0.05) is 12.6 Å². The SMILES string of the molecule is CC(C)(O)C1CCCN1CC(=O)NCCC1CCCCC1. The van der Waals surface area contributed by atoms with E-state index in [9.17, 15) is 9.90 Å². The predicted molar refractivity (Wildman–Crippen MR) is 85.1 cm³/mol. The summed E-state index contributed by atoms with van der Waals surface area (Å²) >= 11 is 0. The molecule has 0 radical (unpaired) electrons. The molecule has 0 aromatic carbocycles. The van der Waals surface area contributed by atoms with Crippen LogP contribution in [0.25, 0.3) is 0 Å². The average molecular weight is 296 g/mol. The molecule has 0 spiro atoms. The molecular formula is C17H32N2O2. The number of carbonyl (C=O) groups is 1. The molecule has 2 rings (SSSR count). The smallest absolute Gasteiger partial charge is 0.234 e. The van der Waals surface area contributed by atoms with Crippen LogP contribution in [0.1, 0.15) is 65.2 Å². The van der Waals surface area contributed by atoms with Crippen LogP contribution in [0.5, 0.6) is 0 Å². The summed E-state index contributed by atoms with van der Waals surface area (Å²) in [4.78, 5) is 14.2. The molecule has 2 N–H and O–H groups in total. The van der Waals surface area contributed by atoms with Crippen LogP contribution in [-0.2, 0) is 4.79 Å². The molecule has 4 nitrogen and oxygen atoms in total. The van der Waals surface area contributed by atoms with Crippen molar-refractivity contribution >= 4 is 5.91 Å². The Labute approximate surface area is 129 Å². The van der Waals surface area contributed by atoms with Gasteiger partial charge in [0.05, 0.1) is 12.1 Å². The fourth-order valence-electron chi connectivity index (χ4n) is 3.95. The molecule has 1 saturated carbocycles. The van der Waals surface area contributed by atoms with E-state index in [2.05, 4.69) is 10.2 Å². The fourth-order valence-corrected chi connectivity index (χ4v) is 3.95. The van der Waals surface area contributed by atoms with E-state index in [0.29, 0.717) is 6.54 Å². The van der Waals surface area contributed by atoms with Crippen molar-refractivity contribution in [2.75, 3.05) is 19.6 Å². The Kier molecular flexibility index (Phi) is 6.06. The first-order valence-electron chi connectivity index (χ1n) is 8.70. The number of hydrogen-bond acceptors (Lipinski definition) is 3. The van der Waals surface area contributed by atoms with Crippen LogP contribution < -0.4 is 5.32 Å². The second kappa shape index (κ2) is 7.59. The van der Waals surface area contributed by atoms with Crippen LogP contribution in [0.15, 0.2) is 0 Å². The van der Waals surface area contributed by atoms with Gasteiger partial charge in [0.15, 0.2) is 0 Å². The number of amides is 1. The Morgan fingerprint density at radius 1 is 1.19 bits per heavy atom. The summed E-state index contributed by atoms with van der Waals surface area (Å²) in [7, 11) is 0. The Morgan fingerprint density at radius 2 is 1.90 bits per heavy atom. The van der Waals surface area contributed by atoms with Gasteiger partial charge in [-0.2, -0.15) is 0 Å². The Bertz CT molecular complexity index is 332. The maximum Gasteiger partial charge on any atom is 0.234 e. The minimum absolute atomic E-state index is 0.113. The normalized spacial score (nSPS) is 25.2. The molecule has 1 atom stereocenters. The lowest BCUT2D eigenvalue weighted by molar-refractivity contribution is -0.123. The van der Waals surface area contributed by atoms with Crippen molar-refractivity contribution in [1.82, 2.24) is 10.2 Å². The zero-order valence-electron chi connectivity index (χ0n) is 13.7. The lowest BCUT2D eigenvalue weighted by atomic mass is 9.87. The second-order valence-corrected chi connectivity index (χ2v) is 7.42. The number of likely N-dealkylation sites (tertiary alicyclic amines) is 1. The minimum atomic E-state index is -0.723. The van der Waals surface area contributed by atoms with Gasteiger partial charge in [-0.25, -0.2) is 0 Å². The monoisotopic (exact) mass is 296 g/mol. The zero-order valence-corrected chi connectivity index (χ0v) is 13.7. The molecule has 2 fully saturated rings. The summed E-state index contributed by atoms with van der Waals surface area (Å²) < 4.78 is 0. The second-order valence-electron chi connectivity index (χ2n) is 7.42. The lowest BCUT2D eigenvalue weighted by Crippen LogP contribution is -2.49. The quantitative estimate of drug-likeness (QED) is 0.791. The van der Waals surface area contributed by atoms with Crippen LogP contribution in [0.4, 0.5) is 0 Å². The van der Waals surface area contributed by atoms with Gasteiger partial charge in [0.2, 0.25) is 5.91 Å². The molecule has 1 aliphatic heterocycles. The van der Waals surface area contributed by atoms with Gasteiger partial charge in [-0.1, -0.05) is 32.1 Å². The Balaban J connectivity index is 1.66. The van der Waals surface area contributed by atoms with Crippen LogP contribution in [0.3, 0.4) is 0 Å². The largest absolute Gasteiger partial charge is 0.389 e. The zero-order chi connectivity index (χ0) is 15.3. The van der Waals surface area contributed by atoms with Gasteiger partial charge in [0.1, 0.15) is 0 Å². The highest BCUT2D eigenvalue weighted by atomic mass is 16.3. The van der Waals surface area contributed by atoms with E-state index in [-0.39, 0.29) is 11.9 Å². The highest BCUT2D eigenvalue weighted by Gasteiger charge is 2.36. The predicted octanol–water partition coefficient (Wildman–Crippen LogP) is 2.31. The molecule has 0 aromatic rings.